The van der Waals surface area contributed by atoms with Crippen LogP contribution in [0.4, 0.5) is 5.82 Å². The number of hydrogen-bond donors (Lipinski definition) is 0. The maximum atomic E-state index is 4.15. The first kappa shape index (κ1) is 9.40. The smallest absolute Gasteiger partial charge is 0.151 e. The van der Waals surface area contributed by atoms with Gasteiger partial charge in [0, 0.05) is 26.2 Å². The zero-order valence-corrected chi connectivity index (χ0v) is 8.77. The molecule has 0 aliphatic carbocycles. The number of aryl methyl sites for hydroxylation is 1. The van der Waals surface area contributed by atoms with E-state index in [0.717, 1.165) is 32.0 Å². The molecule has 0 atom stereocenters. The minimum Gasteiger partial charge on any atom is -0.353 e. The van der Waals surface area contributed by atoms with Crippen molar-refractivity contribution in [2.75, 3.05) is 38.1 Å². The molecule has 0 aromatic carbocycles. The van der Waals surface area contributed by atoms with Gasteiger partial charge in [-0.05, 0) is 25.6 Å². The lowest BCUT2D eigenvalue weighted by molar-refractivity contribution is 0.311. The third kappa shape index (κ3) is 2.01. The fourth-order valence-corrected chi connectivity index (χ4v) is 1.64. The Morgan fingerprint density at radius 2 is 1.93 bits per heavy atom. The van der Waals surface area contributed by atoms with Crippen LogP contribution in [0, 0.1) is 6.92 Å². The molecule has 0 N–H and O–H groups in total. The van der Waals surface area contributed by atoms with Gasteiger partial charge in [0.1, 0.15) is 0 Å². The third-order valence-electron chi connectivity index (χ3n) is 2.61. The van der Waals surface area contributed by atoms with Crippen molar-refractivity contribution in [1.29, 1.82) is 0 Å². The molecular weight excluding hydrogens is 176 g/mol. The Labute approximate surface area is 84.5 Å². The first-order chi connectivity index (χ1) is 6.75. The van der Waals surface area contributed by atoms with Crippen LogP contribution in [0.2, 0.25) is 0 Å². The summed E-state index contributed by atoms with van der Waals surface area (Å²) in [6, 6.07) is 2.10. The van der Waals surface area contributed by atoms with Gasteiger partial charge in [-0.15, -0.1) is 5.10 Å². The highest BCUT2D eigenvalue weighted by Crippen LogP contribution is 2.12. The molecule has 0 spiro atoms. The van der Waals surface area contributed by atoms with Gasteiger partial charge in [-0.1, -0.05) is 0 Å². The maximum absolute atomic E-state index is 4.15. The summed E-state index contributed by atoms with van der Waals surface area (Å²) in [4.78, 5) is 4.62. The van der Waals surface area contributed by atoms with Gasteiger partial charge in [0.05, 0.1) is 6.20 Å². The van der Waals surface area contributed by atoms with E-state index in [1.807, 2.05) is 6.92 Å². The number of aromatic nitrogens is 2. The Bertz CT molecular complexity index is 305. The molecule has 1 aliphatic rings. The van der Waals surface area contributed by atoms with Crippen LogP contribution in [0.25, 0.3) is 0 Å². The summed E-state index contributed by atoms with van der Waals surface area (Å²) < 4.78 is 0. The van der Waals surface area contributed by atoms with E-state index in [-0.39, 0.29) is 0 Å². The molecule has 0 unspecified atom stereocenters. The summed E-state index contributed by atoms with van der Waals surface area (Å²) in [6.07, 6.45) is 1.79. The first-order valence-corrected chi connectivity index (χ1v) is 4.98. The van der Waals surface area contributed by atoms with Gasteiger partial charge in [0.2, 0.25) is 0 Å². The van der Waals surface area contributed by atoms with Crippen LogP contribution in [0.1, 0.15) is 5.56 Å². The maximum Gasteiger partial charge on any atom is 0.151 e. The highest BCUT2D eigenvalue weighted by molar-refractivity contribution is 5.39. The summed E-state index contributed by atoms with van der Waals surface area (Å²) in [5.41, 5.74) is 1.17. The molecule has 1 saturated heterocycles. The molecule has 1 fully saturated rings. The minimum absolute atomic E-state index is 1.01. The van der Waals surface area contributed by atoms with Crippen molar-refractivity contribution in [2.45, 2.75) is 6.92 Å². The van der Waals surface area contributed by atoms with Crippen LogP contribution < -0.4 is 4.90 Å². The minimum atomic E-state index is 1.01. The lowest BCUT2D eigenvalue weighted by Crippen LogP contribution is -2.44. The van der Waals surface area contributed by atoms with E-state index in [9.17, 15) is 0 Å². The Morgan fingerprint density at radius 1 is 1.21 bits per heavy atom. The lowest BCUT2D eigenvalue weighted by atomic mass is 10.3. The largest absolute Gasteiger partial charge is 0.353 e. The van der Waals surface area contributed by atoms with E-state index < -0.39 is 0 Å². The van der Waals surface area contributed by atoms with Crippen LogP contribution in [0.15, 0.2) is 12.3 Å². The zero-order chi connectivity index (χ0) is 9.97. The van der Waals surface area contributed by atoms with E-state index >= 15 is 0 Å². The molecule has 2 heterocycles. The molecule has 1 aromatic heterocycles. The predicted molar refractivity (Wildman–Crippen MR) is 56.5 cm³/mol. The number of nitrogens with zero attached hydrogens (tertiary/aromatic N) is 4. The second-order valence-corrected chi connectivity index (χ2v) is 3.88. The van der Waals surface area contributed by atoms with Crippen LogP contribution in [0.3, 0.4) is 0 Å². The average molecular weight is 192 g/mol. The van der Waals surface area contributed by atoms with Gasteiger partial charge < -0.3 is 9.80 Å². The van der Waals surface area contributed by atoms with E-state index in [2.05, 4.69) is 33.1 Å². The van der Waals surface area contributed by atoms with Gasteiger partial charge in [-0.25, -0.2) is 0 Å². The average Bonchev–Trinajstić information content (AvgIpc) is 2.19. The first-order valence-electron chi connectivity index (χ1n) is 4.98. The molecule has 0 amide bonds. The van der Waals surface area contributed by atoms with E-state index in [0.29, 0.717) is 0 Å². The molecular formula is C10H16N4. The highest BCUT2D eigenvalue weighted by Gasteiger charge is 2.15. The summed E-state index contributed by atoms with van der Waals surface area (Å²) in [5, 5.41) is 8.12. The van der Waals surface area contributed by atoms with Crippen molar-refractivity contribution in [3.8, 4) is 0 Å². The van der Waals surface area contributed by atoms with Crippen molar-refractivity contribution in [2.24, 2.45) is 0 Å². The quantitative estimate of drug-likeness (QED) is 0.650. The van der Waals surface area contributed by atoms with Crippen molar-refractivity contribution in [1.82, 2.24) is 15.1 Å². The standard InChI is InChI=1S/C10H16N4/c1-9-7-10(12-11-8-9)14-5-3-13(2)4-6-14/h7-8H,3-6H2,1-2H3. The fraction of sp³-hybridized carbons (Fsp3) is 0.600. The summed E-state index contributed by atoms with van der Waals surface area (Å²) in [5.74, 6) is 1.01. The van der Waals surface area contributed by atoms with E-state index in [4.69, 9.17) is 0 Å². The van der Waals surface area contributed by atoms with Crippen molar-refractivity contribution in [3.05, 3.63) is 17.8 Å². The molecule has 0 saturated carbocycles. The van der Waals surface area contributed by atoms with Gasteiger partial charge in [0.25, 0.3) is 0 Å². The van der Waals surface area contributed by atoms with Gasteiger partial charge in [-0.3, -0.25) is 0 Å². The van der Waals surface area contributed by atoms with Crippen molar-refractivity contribution >= 4 is 5.82 Å². The summed E-state index contributed by atoms with van der Waals surface area (Å²) in [7, 11) is 2.15. The third-order valence-corrected chi connectivity index (χ3v) is 2.61. The van der Waals surface area contributed by atoms with Crippen molar-refractivity contribution < 1.29 is 0 Å². The Balaban J connectivity index is 2.08. The number of rotatable bonds is 1. The van der Waals surface area contributed by atoms with Crippen LogP contribution >= 0.6 is 0 Å². The van der Waals surface area contributed by atoms with Gasteiger partial charge in [0.15, 0.2) is 5.82 Å². The molecule has 1 aliphatic heterocycles. The van der Waals surface area contributed by atoms with Crippen molar-refractivity contribution in [3.63, 3.8) is 0 Å². The second kappa shape index (κ2) is 3.92. The lowest BCUT2D eigenvalue weighted by Gasteiger charge is -2.32. The Hall–Kier alpha value is -1.16. The Kier molecular flexibility index (Phi) is 2.63. The molecule has 76 valence electrons. The van der Waals surface area contributed by atoms with E-state index in [1.54, 1.807) is 6.20 Å². The number of piperazine rings is 1. The fourth-order valence-electron chi connectivity index (χ4n) is 1.64. The highest BCUT2D eigenvalue weighted by atomic mass is 15.3. The molecule has 0 radical (unpaired) electrons. The summed E-state index contributed by atoms with van der Waals surface area (Å²) >= 11 is 0. The van der Waals surface area contributed by atoms with Crippen LogP contribution in [-0.4, -0.2) is 48.3 Å². The normalized spacial score (nSPS) is 18.6. The zero-order valence-electron chi connectivity index (χ0n) is 8.77. The second-order valence-electron chi connectivity index (χ2n) is 3.88. The monoisotopic (exact) mass is 192 g/mol. The molecule has 1 aromatic rings. The van der Waals surface area contributed by atoms with Gasteiger partial charge >= 0.3 is 0 Å². The van der Waals surface area contributed by atoms with E-state index in [1.165, 1.54) is 5.56 Å². The predicted octanol–water partition coefficient (Wildman–Crippen LogP) is 0.537. The molecule has 4 heteroatoms. The SMILES string of the molecule is Cc1cnnc(N2CCN(C)CC2)c1. The van der Waals surface area contributed by atoms with Gasteiger partial charge in [-0.2, -0.15) is 5.10 Å². The topological polar surface area (TPSA) is 32.3 Å². The number of anilines is 1. The molecule has 4 nitrogen and oxygen atoms in total. The molecule has 0 bridgehead atoms. The van der Waals surface area contributed by atoms with Crippen LogP contribution in [0.5, 0.6) is 0 Å². The number of likely N-dealkylation sites (N-methyl/N-ethyl adjacent to an activating group) is 1. The number of hydrogen-bond acceptors (Lipinski definition) is 4. The summed E-state index contributed by atoms with van der Waals surface area (Å²) in [6.45, 7) is 6.36. The Morgan fingerprint density at radius 3 is 2.57 bits per heavy atom. The van der Waals surface area contributed by atoms with Crippen LogP contribution in [-0.2, 0) is 0 Å². The molecule has 14 heavy (non-hydrogen) atoms. The molecule has 2 rings (SSSR count).